The van der Waals surface area contributed by atoms with Gasteiger partial charge in [-0.05, 0) is 125 Å². The highest BCUT2D eigenvalue weighted by atomic mass is 16.7. The minimum atomic E-state index is -1.07. The van der Waals surface area contributed by atoms with Crippen LogP contribution in [0.15, 0.2) is 0 Å². The fourth-order valence-corrected chi connectivity index (χ4v) is 13.0. The molecule has 4 saturated carbocycles. The Hall–Kier alpha value is -0.850. The lowest BCUT2D eigenvalue weighted by atomic mass is 9.42. The van der Waals surface area contributed by atoms with Gasteiger partial charge in [0, 0.05) is 27.2 Å². The van der Waals surface area contributed by atoms with Gasteiger partial charge < -0.3 is 39.8 Å². The van der Waals surface area contributed by atoms with E-state index in [2.05, 4.69) is 32.6 Å². The predicted octanol–water partition coefficient (Wildman–Crippen LogP) is 4.58. The maximum Gasteiger partial charge on any atom is 0.239 e. The topological polar surface area (TPSA) is 127 Å². The molecule has 2 spiro atoms. The van der Waals surface area contributed by atoms with E-state index in [1.54, 1.807) is 18.7 Å². The number of likely N-dealkylation sites (N-methyl/N-ethyl adjacent to an activating group) is 1. The first-order valence-corrected chi connectivity index (χ1v) is 19.9. The molecule has 0 bridgehead atoms. The SMILES string of the molecule is CCOC(C1CC(C)CC2(C)CCC34CC35CCC(OC3CN(C(C)C(=O)N(C)C)CCO3)C(C)(C)C5CCC4C2(N)C(O)CO1)C(C)(C)O. The first-order valence-electron chi connectivity index (χ1n) is 19.9. The van der Waals surface area contributed by atoms with Crippen LogP contribution in [0.25, 0.3) is 0 Å². The van der Waals surface area contributed by atoms with Crippen molar-refractivity contribution in [3.05, 3.63) is 0 Å². The number of aliphatic hydroxyl groups is 2. The van der Waals surface area contributed by atoms with Crippen molar-refractivity contribution in [3.8, 4) is 0 Å². The van der Waals surface area contributed by atoms with E-state index in [4.69, 9.17) is 24.7 Å². The minimum Gasteiger partial charge on any atom is -0.389 e. The van der Waals surface area contributed by atoms with E-state index in [0.717, 1.165) is 51.5 Å². The molecule has 6 rings (SSSR count). The third-order valence-corrected chi connectivity index (χ3v) is 15.5. The van der Waals surface area contributed by atoms with Crippen LogP contribution >= 0.6 is 0 Å². The highest BCUT2D eigenvalue weighted by Crippen LogP contribution is 2.86. The van der Waals surface area contributed by atoms with Gasteiger partial charge in [0.05, 0.1) is 55.3 Å². The Morgan fingerprint density at radius 1 is 1.08 bits per heavy atom. The first kappa shape index (κ1) is 38.9. The second kappa shape index (κ2) is 13.5. The van der Waals surface area contributed by atoms with Crippen molar-refractivity contribution >= 4 is 5.91 Å². The molecule has 13 atom stereocenters. The van der Waals surface area contributed by atoms with Crippen LogP contribution in [0.3, 0.4) is 0 Å². The van der Waals surface area contributed by atoms with E-state index in [-0.39, 0.29) is 64.6 Å². The third-order valence-electron chi connectivity index (χ3n) is 15.5. The Kier molecular flexibility index (Phi) is 10.5. The standard InChI is InChI=1S/C40H71N3O7/c1-11-47-33(36(6,7)46)27-20-25(2)21-37(8)16-17-39-24-38(39)15-14-31(50-32-22-43(18-19-48-32)26(3)34(45)42(9)10)35(4,5)28(38)12-13-29(39)40(37,41)30(44)23-49-27/h25-33,44,46H,11-24,41H2,1-10H3. The minimum absolute atomic E-state index is 0.0425. The molecular weight excluding hydrogens is 634 g/mol. The summed E-state index contributed by atoms with van der Waals surface area (Å²) in [6, 6.07) is -0.204. The highest BCUT2D eigenvalue weighted by molar-refractivity contribution is 5.80. The van der Waals surface area contributed by atoms with Crippen LogP contribution in [0.2, 0.25) is 0 Å². The molecule has 0 aromatic carbocycles. The molecule has 0 radical (unpaired) electrons. The van der Waals surface area contributed by atoms with Gasteiger partial charge >= 0.3 is 0 Å². The molecule has 4 aliphatic carbocycles. The van der Waals surface area contributed by atoms with Crippen LogP contribution in [-0.2, 0) is 23.7 Å². The molecule has 13 unspecified atom stereocenters. The van der Waals surface area contributed by atoms with Crippen LogP contribution in [0, 0.1) is 39.4 Å². The Bertz CT molecular complexity index is 1240. The molecule has 6 fully saturated rings. The van der Waals surface area contributed by atoms with Crippen LogP contribution in [0.1, 0.15) is 113 Å². The lowest BCUT2D eigenvalue weighted by Crippen LogP contribution is -2.73. The van der Waals surface area contributed by atoms with E-state index in [0.29, 0.717) is 31.6 Å². The Labute approximate surface area is 302 Å². The van der Waals surface area contributed by atoms with Crippen molar-refractivity contribution in [2.24, 2.45) is 45.1 Å². The van der Waals surface area contributed by atoms with Crippen molar-refractivity contribution in [2.45, 2.75) is 161 Å². The number of rotatable bonds is 8. The van der Waals surface area contributed by atoms with Gasteiger partial charge in [-0.2, -0.15) is 0 Å². The molecule has 0 aromatic rings. The van der Waals surface area contributed by atoms with Crippen molar-refractivity contribution in [3.63, 3.8) is 0 Å². The van der Waals surface area contributed by atoms with Crippen molar-refractivity contribution in [1.29, 1.82) is 0 Å². The molecule has 50 heavy (non-hydrogen) atoms. The summed E-state index contributed by atoms with van der Waals surface area (Å²) in [5, 5.41) is 23.3. The summed E-state index contributed by atoms with van der Waals surface area (Å²) in [6.07, 6.45) is 7.37. The number of fused-ring (bicyclic) bond motifs is 2. The summed E-state index contributed by atoms with van der Waals surface area (Å²) >= 11 is 0. The number of amides is 1. The number of hydrogen-bond donors (Lipinski definition) is 3. The average molecular weight is 706 g/mol. The van der Waals surface area contributed by atoms with Crippen molar-refractivity contribution in [1.82, 2.24) is 9.80 Å². The van der Waals surface area contributed by atoms with Gasteiger partial charge in [0.25, 0.3) is 0 Å². The van der Waals surface area contributed by atoms with Gasteiger partial charge in [-0.3, -0.25) is 9.69 Å². The lowest BCUT2D eigenvalue weighted by molar-refractivity contribution is -0.249. The quantitative estimate of drug-likeness (QED) is 0.333. The van der Waals surface area contributed by atoms with Gasteiger partial charge in [0.15, 0.2) is 6.29 Å². The molecule has 6 aliphatic rings. The largest absolute Gasteiger partial charge is 0.389 e. The molecule has 0 aromatic heterocycles. The number of aliphatic hydroxyl groups excluding tert-OH is 1. The zero-order chi connectivity index (χ0) is 36.7. The Morgan fingerprint density at radius 3 is 2.42 bits per heavy atom. The van der Waals surface area contributed by atoms with Gasteiger partial charge in [0.1, 0.15) is 6.10 Å². The molecule has 2 heterocycles. The number of carbonyl (C=O) groups excluding carboxylic acids is 1. The predicted molar refractivity (Wildman–Crippen MR) is 193 cm³/mol. The number of carbonyl (C=O) groups is 1. The van der Waals surface area contributed by atoms with Gasteiger partial charge in [-0.25, -0.2) is 0 Å². The van der Waals surface area contributed by atoms with E-state index in [1.807, 2.05) is 27.9 Å². The zero-order valence-electron chi connectivity index (χ0n) is 33.0. The van der Waals surface area contributed by atoms with E-state index in [9.17, 15) is 15.0 Å². The molecule has 288 valence electrons. The second-order valence-corrected chi connectivity index (χ2v) is 19.3. The summed E-state index contributed by atoms with van der Waals surface area (Å²) in [7, 11) is 3.63. The molecular formula is C40H71N3O7. The van der Waals surface area contributed by atoms with Crippen molar-refractivity contribution < 1.29 is 34.0 Å². The van der Waals surface area contributed by atoms with Crippen LogP contribution < -0.4 is 5.73 Å². The van der Waals surface area contributed by atoms with Gasteiger partial charge in [-0.1, -0.05) is 27.7 Å². The normalized spacial score (nSPS) is 46.1. The first-order chi connectivity index (χ1) is 23.3. The number of hydrogen-bond acceptors (Lipinski definition) is 9. The fraction of sp³-hybridized carbons (Fsp3) is 0.975. The molecule has 10 nitrogen and oxygen atoms in total. The Morgan fingerprint density at radius 2 is 1.76 bits per heavy atom. The Balaban J connectivity index is 1.20. The molecule has 4 N–H and O–H groups in total. The zero-order valence-corrected chi connectivity index (χ0v) is 33.0. The van der Waals surface area contributed by atoms with Crippen LogP contribution in [0.5, 0.6) is 0 Å². The molecule has 10 heteroatoms. The fourth-order valence-electron chi connectivity index (χ4n) is 13.0. The van der Waals surface area contributed by atoms with Gasteiger partial charge in [0.2, 0.25) is 5.91 Å². The number of ether oxygens (including phenoxy) is 4. The van der Waals surface area contributed by atoms with E-state index >= 15 is 0 Å². The maximum atomic E-state index is 12.7. The van der Waals surface area contributed by atoms with Crippen molar-refractivity contribution in [2.75, 3.05) is 47.0 Å². The monoisotopic (exact) mass is 706 g/mol. The molecule has 2 aliphatic heterocycles. The summed E-state index contributed by atoms with van der Waals surface area (Å²) in [4.78, 5) is 16.6. The van der Waals surface area contributed by atoms with Gasteiger partial charge in [-0.15, -0.1) is 0 Å². The summed E-state index contributed by atoms with van der Waals surface area (Å²) in [6.45, 7) is 19.5. The summed E-state index contributed by atoms with van der Waals surface area (Å²) < 4.78 is 25.7. The summed E-state index contributed by atoms with van der Waals surface area (Å²) in [5.74, 6) is 1.15. The highest BCUT2D eigenvalue weighted by Gasteiger charge is 2.82. The lowest BCUT2D eigenvalue weighted by Gasteiger charge is -2.65. The van der Waals surface area contributed by atoms with E-state index < -0.39 is 23.3 Å². The summed E-state index contributed by atoms with van der Waals surface area (Å²) in [5.41, 5.74) is 6.05. The smallest absolute Gasteiger partial charge is 0.239 e. The molecule has 1 amide bonds. The maximum absolute atomic E-state index is 12.7. The van der Waals surface area contributed by atoms with Crippen LogP contribution in [-0.4, -0.2) is 121 Å². The average Bonchev–Trinajstić information content (AvgIpc) is 3.71. The molecule has 2 saturated heterocycles. The number of morpholine rings is 1. The van der Waals surface area contributed by atoms with E-state index in [1.165, 1.54) is 12.8 Å². The van der Waals surface area contributed by atoms with Crippen LogP contribution in [0.4, 0.5) is 0 Å². The number of nitrogens with two attached hydrogens (primary N) is 1. The second-order valence-electron chi connectivity index (χ2n) is 19.3. The number of nitrogens with zero attached hydrogens (tertiary/aromatic N) is 2. The third kappa shape index (κ3) is 6.11.